The van der Waals surface area contributed by atoms with E-state index in [2.05, 4.69) is 10.4 Å². The highest BCUT2D eigenvalue weighted by molar-refractivity contribution is 6.30. The Labute approximate surface area is 128 Å². The summed E-state index contributed by atoms with van der Waals surface area (Å²) in [4.78, 5) is 26.9. The number of rotatable bonds is 3. The maximum Gasteiger partial charge on any atom is 0.340 e. The van der Waals surface area contributed by atoms with Crippen LogP contribution in [0.25, 0.3) is 0 Å². The number of imide groups is 1. The van der Waals surface area contributed by atoms with E-state index < -0.39 is 23.6 Å². The number of benzene rings is 1. The SMILES string of the molecule is O=C(NNc1ccc(F)cc1F)NC(=O)c1ccc(Cl)cn1. The molecule has 2 aromatic rings. The van der Waals surface area contributed by atoms with E-state index in [0.29, 0.717) is 11.1 Å². The van der Waals surface area contributed by atoms with Gasteiger partial charge in [-0.1, -0.05) is 11.6 Å². The zero-order valence-electron chi connectivity index (χ0n) is 10.9. The van der Waals surface area contributed by atoms with Crippen molar-refractivity contribution in [2.45, 2.75) is 0 Å². The summed E-state index contributed by atoms with van der Waals surface area (Å²) in [6.45, 7) is 0. The van der Waals surface area contributed by atoms with Crippen molar-refractivity contribution in [3.63, 3.8) is 0 Å². The van der Waals surface area contributed by atoms with Crippen molar-refractivity contribution in [1.29, 1.82) is 0 Å². The third-order valence-corrected chi connectivity index (χ3v) is 2.65. The van der Waals surface area contributed by atoms with E-state index in [1.165, 1.54) is 18.3 Å². The predicted molar refractivity (Wildman–Crippen MR) is 75.2 cm³/mol. The third-order valence-electron chi connectivity index (χ3n) is 2.43. The summed E-state index contributed by atoms with van der Waals surface area (Å²) in [7, 11) is 0. The smallest absolute Gasteiger partial charge is 0.294 e. The summed E-state index contributed by atoms with van der Waals surface area (Å²) in [5.41, 5.74) is 4.06. The Morgan fingerprint density at radius 1 is 1.14 bits per heavy atom. The number of aromatic nitrogens is 1. The van der Waals surface area contributed by atoms with Crippen LogP contribution in [0.5, 0.6) is 0 Å². The van der Waals surface area contributed by atoms with E-state index in [1.807, 2.05) is 10.7 Å². The number of anilines is 1. The van der Waals surface area contributed by atoms with Crippen molar-refractivity contribution in [2.24, 2.45) is 0 Å². The molecule has 0 aliphatic rings. The molecule has 2 rings (SSSR count). The lowest BCUT2D eigenvalue weighted by Crippen LogP contribution is -2.42. The van der Waals surface area contributed by atoms with Crippen LogP contribution < -0.4 is 16.2 Å². The molecule has 0 spiro atoms. The van der Waals surface area contributed by atoms with Crippen LogP contribution in [0.15, 0.2) is 36.5 Å². The van der Waals surface area contributed by atoms with E-state index in [4.69, 9.17) is 11.6 Å². The lowest BCUT2D eigenvalue weighted by molar-refractivity contribution is 0.0959. The predicted octanol–water partition coefficient (Wildman–Crippen LogP) is 2.48. The van der Waals surface area contributed by atoms with Gasteiger partial charge in [-0.25, -0.2) is 18.6 Å². The van der Waals surface area contributed by atoms with Crippen LogP contribution in [-0.2, 0) is 0 Å². The molecule has 6 nitrogen and oxygen atoms in total. The number of hydrogen-bond donors (Lipinski definition) is 3. The van der Waals surface area contributed by atoms with Crippen molar-refractivity contribution in [3.8, 4) is 0 Å². The molecule has 0 saturated carbocycles. The highest BCUT2D eigenvalue weighted by Crippen LogP contribution is 2.13. The molecule has 3 amide bonds. The van der Waals surface area contributed by atoms with E-state index in [-0.39, 0.29) is 11.4 Å². The monoisotopic (exact) mass is 326 g/mol. The second-order valence-corrected chi connectivity index (χ2v) is 4.46. The standard InChI is InChI=1S/C13H9ClF2N4O2/c14-7-1-3-11(17-6-7)12(21)18-13(22)20-19-10-4-2-8(15)5-9(10)16/h1-6,19H,(H2,18,20,21,22). The number of halogens is 3. The number of urea groups is 1. The number of carbonyl (C=O) groups excluding carboxylic acids is 2. The summed E-state index contributed by atoms with van der Waals surface area (Å²) >= 11 is 5.62. The van der Waals surface area contributed by atoms with Gasteiger partial charge in [0.1, 0.15) is 11.5 Å². The Balaban J connectivity index is 1.90. The van der Waals surface area contributed by atoms with Crippen LogP contribution in [0.1, 0.15) is 10.5 Å². The molecular weight excluding hydrogens is 318 g/mol. The van der Waals surface area contributed by atoms with Gasteiger partial charge in [-0.2, -0.15) is 0 Å². The Morgan fingerprint density at radius 2 is 1.91 bits per heavy atom. The molecule has 114 valence electrons. The molecule has 0 radical (unpaired) electrons. The Kier molecular flexibility index (Phi) is 4.84. The number of carbonyl (C=O) groups is 2. The molecule has 1 aromatic heterocycles. The summed E-state index contributed by atoms with van der Waals surface area (Å²) in [5.74, 6) is -2.42. The van der Waals surface area contributed by atoms with Gasteiger partial charge >= 0.3 is 6.03 Å². The summed E-state index contributed by atoms with van der Waals surface area (Å²) < 4.78 is 26.0. The summed E-state index contributed by atoms with van der Waals surface area (Å²) in [6, 6.07) is 4.57. The molecule has 3 N–H and O–H groups in total. The van der Waals surface area contributed by atoms with E-state index in [0.717, 1.165) is 12.1 Å². The van der Waals surface area contributed by atoms with Gasteiger partial charge in [0.2, 0.25) is 0 Å². The van der Waals surface area contributed by atoms with Gasteiger partial charge in [0, 0.05) is 12.3 Å². The molecule has 0 aliphatic carbocycles. The second kappa shape index (κ2) is 6.81. The van der Waals surface area contributed by atoms with E-state index in [1.54, 1.807) is 0 Å². The van der Waals surface area contributed by atoms with E-state index in [9.17, 15) is 18.4 Å². The Hall–Kier alpha value is -2.74. The number of nitrogens with one attached hydrogen (secondary N) is 3. The zero-order valence-corrected chi connectivity index (χ0v) is 11.6. The van der Waals surface area contributed by atoms with Crippen LogP contribution in [0, 0.1) is 11.6 Å². The van der Waals surface area contributed by atoms with Crippen molar-refractivity contribution >= 4 is 29.2 Å². The van der Waals surface area contributed by atoms with Crippen molar-refractivity contribution < 1.29 is 18.4 Å². The molecule has 1 aromatic carbocycles. The number of hydrogen-bond acceptors (Lipinski definition) is 4. The largest absolute Gasteiger partial charge is 0.340 e. The van der Waals surface area contributed by atoms with Gasteiger partial charge in [0.05, 0.1) is 10.7 Å². The van der Waals surface area contributed by atoms with Crippen LogP contribution in [0.2, 0.25) is 5.02 Å². The topological polar surface area (TPSA) is 83.1 Å². The molecule has 0 bridgehead atoms. The van der Waals surface area contributed by atoms with Crippen LogP contribution in [0.4, 0.5) is 19.3 Å². The average Bonchev–Trinajstić information content (AvgIpc) is 2.47. The normalized spacial score (nSPS) is 9.95. The number of hydrazine groups is 1. The third kappa shape index (κ3) is 4.13. The number of nitrogens with zero attached hydrogens (tertiary/aromatic N) is 1. The first kappa shape index (κ1) is 15.6. The number of pyridine rings is 1. The fourth-order valence-electron chi connectivity index (χ4n) is 1.42. The van der Waals surface area contributed by atoms with Gasteiger partial charge in [0.15, 0.2) is 5.82 Å². The molecule has 0 unspecified atom stereocenters. The minimum Gasteiger partial charge on any atom is -0.294 e. The van der Waals surface area contributed by atoms with Gasteiger partial charge in [-0.15, -0.1) is 0 Å². The fourth-order valence-corrected chi connectivity index (χ4v) is 1.54. The first-order valence-corrected chi connectivity index (χ1v) is 6.27. The van der Waals surface area contributed by atoms with Crippen LogP contribution >= 0.6 is 11.6 Å². The minimum absolute atomic E-state index is 0.0208. The first-order valence-electron chi connectivity index (χ1n) is 5.89. The second-order valence-electron chi connectivity index (χ2n) is 4.02. The molecule has 1 heterocycles. The molecule has 9 heteroatoms. The number of amides is 3. The maximum atomic E-state index is 13.3. The highest BCUT2D eigenvalue weighted by Gasteiger charge is 2.11. The van der Waals surface area contributed by atoms with Crippen molar-refractivity contribution in [3.05, 3.63) is 58.9 Å². The van der Waals surface area contributed by atoms with Gasteiger partial charge in [-0.3, -0.25) is 21.0 Å². The molecule has 0 aliphatic heterocycles. The molecule has 0 fully saturated rings. The van der Waals surface area contributed by atoms with Crippen molar-refractivity contribution in [2.75, 3.05) is 5.43 Å². The molecule has 22 heavy (non-hydrogen) atoms. The minimum atomic E-state index is -0.939. The Bertz CT molecular complexity index is 710. The van der Waals surface area contributed by atoms with Gasteiger partial charge in [-0.05, 0) is 24.3 Å². The van der Waals surface area contributed by atoms with E-state index >= 15 is 0 Å². The first-order chi connectivity index (χ1) is 10.5. The molecular formula is C13H9ClF2N4O2. The molecule has 0 atom stereocenters. The summed E-state index contributed by atoms with van der Waals surface area (Å²) in [6.07, 6.45) is 1.25. The van der Waals surface area contributed by atoms with Crippen LogP contribution in [-0.4, -0.2) is 16.9 Å². The average molecular weight is 327 g/mol. The maximum absolute atomic E-state index is 13.3. The Morgan fingerprint density at radius 3 is 2.55 bits per heavy atom. The fraction of sp³-hybridized carbons (Fsp3) is 0. The lowest BCUT2D eigenvalue weighted by atomic mass is 10.3. The molecule has 0 saturated heterocycles. The summed E-state index contributed by atoms with van der Waals surface area (Å²) in [5, 5.41) is 2.31. The lowest BCUT2D eigenvalue weighted by Gasteiger charge is -2.09. The van der Waals surface area contributed by atoms with Gasteiger partial charge < -0.3 is 0 Å². The highest BCUT2D eigenvalue weighted by atomic mass is 35.5. The zero-order chi connectivity index (χ0) is 16.1. The quantitative estimate of drug-likeness (QED) is 0.757. The van der Waals surface area contributed by atoms with Gasteiger partial charge in [0.25, 0.3) is 5.91 Å². The van der Waals surface area contributed by atoms with Crippen LogP contribution in [0.3, 0.4) is 0 Å². The van der Waals surface area contributed by atoms with Crippen molar-refractivity contribution in [1.82, 2.24) is 15.7 Å².